The number of carbonyl (C=O) groups excluding carboxylic acids is 1. The zero-order valence-electron chi connectivity index (χ0n) is 17.2. The molecule has 5 rings (SSSR count). The second kappa shape index (κ2) is 7.20. The smallest absolute Gasteiger partial charge is 0.410 e. The molecule has 2 aliphatic heterocycles. The number of halogens is 1. The lowest BCUT2D eigenvalue weighted by molar-refractivity contribution is 0.0204. The van der Waals surface area contributed by atoms with E-state index in [1.165, 1.54) is 22.5 Å². The van der Waals surface area contributed by atoms with E-state index in [9.17, 15) is 4.79 Å². The molecule has 3 aliphatic rings. The Balaban J connectivity index is 1.19. The molecule has 0 unspecified atom stereocenters. The first kappa shape index (κ1) is 19.8. The predicted molar refractivity (Wildman–Crippen MR) is 119 cm³/mol. The SMILES string of the molecule is CC(C)(C)OC(=O)N1CC[C@@H]2CN(C3CC(c4nc5ccc(Br)cc5s4)C3)C[C@H]21. The highest BCUT2D eigenvalue weighted by Crippen LogP contribution is 2.45. The van der Waals surface area contributed by atoms with Crippen molar-refractivity contribution >= 4 is 43.6 Å². The Kier molecular flexibility index (Phi) is 4.91. The van der Waals surface area contributed by atoms with Gasteiger partial charge >= 0.3 is 6.09 Å². The molecule has 1 aromatic heterocycles. The molecule has 3 fully saturated rings. The maximum atomic E-state index is 12.6. The topological polar surface area (TPSA) is 45.7 Å². The average molecular weight is 478 g/mol. The van der Waals surface area contributed by atoms with Gasteiger partial charge in [-0.05, 0) is 64.2 Å². The van der Waals surface area contributed by atoms with Crippen LogP contribution in [0.3, 0.4) is 0 Å². The van der Waals surface area contributed by atoms with Crippen LogP contribution >= 0.6 is 27.3 Å². The summed E-state index contributed by atoms with van der Waals surface area (Å²) in [6.45, 7) is 8.77. The number of nitrogens with zero attached hydrogens (tertiary/aromatic N) is 3. The van der Waals surface area contributed by atoms with E-state index in [1.54, 1.807) is 0 Å². The van der Waals surface area contributed by atoms with E-state index < -0.39 is 5.60 Å². The fourth-order valence-corrected chi connectivity index (χ4v) is 6.66. The fraction of sp³-hybridized carbons (Fsp3) is 0.636. The van der Waals surface area contributed by atoms with E-state index in [2.05, 4.69) is 39.0 Å². The molecule has 1 saturated carbocycles. The lowest BCUT2D eigenvalue weighted by Crippen LogP contribution is -2.46. The van der Waals surface area contributed by atoms with Gasteiger partial charge in [0.2, 0.25) is 0 Å². The minimum absolute atomic E-state index is 0.140. The second-order valence-electron chi connectivity index (χ2n) is 9.73. The normalized spacial score (nSPS) is 29.9. The van der Waals surface area contributed by atoms with Crippen LogP contribution in [0, 0.1) is 5.92 Å². The number of ether oxygens (including phenoxy) is 1. The van der Waals surface area contributed by atoms with Crippen LogP contribution in [-0.4, -0.2) is 58.2 Å². The second-order valence-corrected chi connectivity index (χ2v) is 11.7. The number of thiazole rings is 1. The number of hydrogen-bond acceptors (Lipinski definition) is 5. The zero-order valence-corrected chi connectivity index (χ0v) is 19.6. The van der Waals surface area contributed by atoms with E-state index in [0.29, 0.717) is 23.9 Å². The number of hydrogen-bond donors (Lipinski definition) is 0. The van der Waals surface area contributed by atoms with Gasteiger partial charge in [-0.15, -0.1) is 11.3 Å². The summed E-state index contributed by atoms with van der Waals surface area (Å²) in [5.74, 6) is 1.18. The molecule has 0 bridgehead atoms. The van der Waals surface area contributed by atoms with E-state index in [1.807, 2.05) is 37.0 Å². The van der Waals surface area contributed by atoms with E-state index in [4.69, 9.17) is 9.72 Å². The first-order valence-electron chi connectivity index (χ1n) is 10.6. The van der Waals surface area contributed by atoms with Crippen LogP contribution in [0.15, 0.2) is 22.7 Å². The van der Waals surface area contributed by atoms with Crippen LogP contribution in [0.25, 0.3) is 10.2 Å². The molecule has 5 nitrogen and oxygen atoms in total. The van der Waals surface area contributed by atoms with Crippen LogP contribution in [-0.2, 0) is 4.74 Å². The lowest BCUT2D eigenvalue weighted by Gasteiger charge is -2.41. The van der Waals surface area contributed by atoms with Gasteiger partial charge in [-0.2, -0.15) is 0 Å². The first-order chi connectivity index (χ1) is 13.8. The summed E-state index contributed by atoms with van der Waals surface area (Å²) in [4.78, 5) is 22.1. The molecule has 1 aliphatic carbocycles. The molecule has 0 spiro atoms. The number of benzene rings is 1. The van der Waals surface area contributed by atoms with Crippen molar-refractivity contribution in [3.05, 3.63) is 27.7 Å². The number of carbonyl (C=O) groups is 1. The number of rotatable bonds is 2. The number of likely N-dealkylation sites (tertiary alicyclic amines) is 2. The zero-order chi connectivity index (χ0) is 20.3. The van der Waals surface area contributed by atoms with Gasteiger partial charge in [0, 0.05) is 36.1 Å². The highest BCUT2D eigenvalue weighted by atomic mass is 79.9. The highest BCUT2D eigenvalue weighted by Gasteiger charge is 2.48. The quantitative estimate of drug-likeness (QED) is 0.592. The van der Waals surface area contributed by atoms with E-state index in [-0.39, 0.29) is 6.09 Å². The van der Waals surface area contributed by atoms with Crippen molar-refractivity contribution in [2.75, 3.05) is 19.6 Å². The Morgan fingerprint density at radius 3 is 2.83 bits per heavy atom. The third-order valence-electron chi connectivity index (χ3n) is 6.55. The summed E-state index contributed by atoms with van der Waals surface area (Å²) >= 11 is 5.39. The Morgan fingerprint density at radius 1 is 1.28 bits per heavy atom. The van der Waals surface area contributed by atoms with Crippen LogP contribution in [0.5, 0.6) is 0 Å². The Hall–Kier alpha value is -1.18. The molecular weight excluding hydrogens is 450 g/mol. The van der Waals surface area contributed by atoms with Crippen molar-refractivity contribution in [2.45, 2.75) is 63.6 Å². The molecule has 156 valence electrons. The van der Waals surface area contributed by atoms with Gasteiger partial charge in [-0.1, -0.05) is 15.9 Å². The third kappa shape index (κ3) is 3.81. The summed E-state index contributed by atoms with van der Waals surface area (Å²) in [7, 11) is 0. The fourth-order valence-electron chi connectivity index (χ4n) is 5.02. The van der Waals surface area contributed by atoms with Crippen molar-refractivity contribution in [2.24, 2.45) is 5.92 Å². The molecule has 1 aromatic carbocycles. The molecule has 1 amide bonds. The summed E-state index contributed by atoms with van der Waals surface area (Å²) in [5, 5.41) is 1.28. The van der Waals surface area contributed by atoms with Gasteiger partial charge in [-0.3, -0.25) is 4.90 Å². The Bertz CT molecular complexity index is 934. The standard InChI is InChI=1S/C22H28BrN3O2S/c1-22(2,3)28-21(27)26-7-6-13-11-25(12-18(13)26)16-8-14(9-16)20-24-17-5-4-15(23)10-19(17)29-20/h4-5,10,13-14,16,18H,6-9,11-12H2,1-3H3/t13-,14?,16?,18-/m1/s1. The van der Waals surface area contributed by atoms with Gasteiger partial charge in [0.1, 0.15) is 5.60 Å². The van der Waals surface area contributed by atoms with Gasteiger partial charge in [0.05, 0.1) is 21.3 Å². The number of amides is 1. The van der Waals surface area contributed by atoms with Gasteiger partial charge in [0.15, 0.2) is 0 Å². The Labute approximate surface area is 184 Å². The summed E-state index contributed by atoms with van der Waals surface area (Å²) < 4.78 is 8.02. The average Bonchev–Trinajstić information content (AvgIpc) is 3.24. The minimum atomic E-state index is -0.429. The van der Waals surface area contributed by atoms with Crippen molar-refractivity contribution in [1.82, 2.24) is 14.8 Å². The molecular formula is C22H28BrN3O2S. The molecule has 3 heterocycles. The van der Waals surface area contributed by atoms with Crippen molar-refractivity contribution in [3.8, 4) is 0 Å². The molecule has 7 heteroatoms. The maximum Gasteiger partial charge on any atom is 0.410 e. The van der Waals surface area contributed by atoms with Crippen LogP contribution in [0.4, 0.5) is 4.79 Å². The third-order valence-corrected chi connectivity index (χ3v) is 8.22. The number of aromatic nitrogens is 1. The predicted octanol–water partition coefficient (Wildman–Crippen LogP) is 5.25. The highest BCUT2D eigenvalue weighted by molar-refractivity contribution is 9.10. The minimum Gasteiger partial charge on any atom is -0.444 e. The van der Waals surface area contributed by atoms with Gasteiger partial charge in [-0.25, -0.2) is 9.78 Å². The van der Waals surface area contributed by atoms with Crippen LogP contribution in [0.1, 0.15) is 51.0 Å². The molecule has 2 saturated heterocycles. The van der Waals surface area contributed by atoms with Crippen molar-refractivity contribution < 1.29 is 9.53 Å². The summed E-state index contributed by atoms with van der Waals surface area (Å²) in [6.07, 6.45) is 3.34. The largest absolute Gasteiger partial charge is 0.444 e. The first-order valence-corrected chi connectivity index (χ1v) is 12.2. The molecule has 2 aromatic rings. The monoisotopic (exact) mass is 477 g/mol. The van der Waals surface area contributed by atoms with E-state index >= 15 is 0 Å². The summed E-state index contributed by atoms with van der Waals surface area (Å²) in [6, 6.07) is 7.28. The molecule has 0 N–H and O–H groups in total. The number of fused-ring (bicyclic) bond motifs is 2. The molecule has 29 heavy (non-hydrogen) atoms. The van der Waals surface area contributed by atoms with Crippen LogP contribution < -0.4 is 0 Å². The van der Waals surface area contributed by atoms with Crippen LogP contribution in [0.2, 0.25) is 0 Å². The summed E-state index contributed by atoms with van der Waals surface area (Å²) in [5.41, 5.74) is 0.682. The lowest BCUT2D eigenvalue weighted by atomic mass is 9.80. The maximum absolute atomic E-state index is 12.6. The van der Waals surface area contributed by atoms with Gasteiger partial charge in [0.25, 0.3) is 0 Å². The van der Waals surface area contributed by atoms with E-state index in [0.717, 1.165) is 36.0 Å². The molecule has 2 atom stereocenters. The molecule has 0 radical (unpaired) electrons. The van der Waals surface area contributed by atoms with Crippen molar-refractivity contribution in [3.63, 3.8) is 0 Å². The Morgan fingerprint density at radius 2 is 2.07 bits per heavy atom. The van der Waals surface area contributed by atoms with Crippen molar-refractivity contribution in [1.29, 1.82) is 0 Å². The van der Waals surface area contributed by atoms with Gasteiger partial charge < -0.3 is 9.64 Å².